The van der Waals surface area contributed by atoms with Crippen LogP contribution in [0.15, 0.2) is 24.4 Å². The summed E-state index contributed by atoms with van der Waals surface area (Å²) in [7, 11) is 1.56. The summed E-state index contributed by atoms with van der Waals surface area (Å²) in [6.07, 6.45) is 1.66. The number of aromatic amines is 1. The Hall–Kier alpha value is -1.19. The third-order valence-electron chi connectivity index (χ3n) is 2.00. The first-order valence-corrected chi connectivity index (χ1v) is 5.00. The first-order valence-electron chi connectivity index (χ1n) is 4.25. The zero-order chi connectivity index (χ0) is 10.8. The minimum atomic E-state index is 0.481. The number of rotatable bonds is 2. The Morgan fingerprint density at radius 1 is 1.33 bits per heavy atom. The highest BCUT2D eigenvalue weighted by molar-refractivity contribution is 6.36. The average Bonchev–Trinajstić information content (AvgIpc) is 2.69. The van der Waals surface area contributed by atoms with Crippen LogP contribution in [0.4, 0.5) is 0 Å². The van der Waals surface area contributed by atoms with Gasteiger partial charge in [0.15, 0.2) is 0 Å². The second-order valence-corrected chi connectivity index (χ2v) is 3.78. The molecule has 3 nitrogen and oxygen atoms in total. The Bertz CT molecular complexity index is 469. The van der Waals surface area contributed by atoms with Crippen LogP contribution in [0.2, 0.25) is 10.0 Å². The van der Waals surface area contributed by atoms with E-state index in [0.717, 1.165) is 11.3 Å². The van der Waals surface area contributed by atoms with Gasteiger partial charge in [0.2, 0.25) is 0 Å². The number of nitrogens with zero attached hydrogens (tertiary/aromatic N) is 1. The summed E-state index contributed by atoms with van der Waals surface area (Å²) in [6.45, 7) is 0. The van der Waals surface area contributed by atoms with Crippen LogP contribution < -0.4 is 4.74 Å². The van der Waals surface area contributed by atoms with Crippen molar-refractivity contribution >= 4 is 23.2 Å². The standard InChI is InChI=1S/C10H8Cl2N2O/c1-15-10-7(9-2-3-13-14-9)4-6(11)5-8(10)12/h2-5H,1H3,(H,13,14). The molecule has 2 rings (SSSR count). The molecule has 0 aliphatic heterocycles. The Kier molecular flexibility index (Phi) is 2.84. The molecule has 0 atom stereocenters. The van der Waals surface area contributed by atoms with Crippen LogP contribution in [0.25, 0.3) is 11.3 Å². The van der Waals surface area contributed by atoms with Gasteiger partial charge in [-0.05, 0) is 18.2 Å². The van der Waals surface area contributed by atoms with Crippen LogP contribution in [0.1, 0.15) is 0 Å². The van der Waals surface area contributed by atoms with Gasteiger partial charge in [-0.15, -0.1) is 0 Å². The fraction of sp³-hybridized carbons (Fsp3) is 0.100. The molecule has 0 aliphatic rings. The number of halogens is 2. The average molecular weight is 243 g/mol. The number of nitrogens with one attached hydrogen (secondary N) is 1. The van der Waals surface area contributed by atoms with Crippen LogP contribution >= 0.6 is 23.2 Å². The fourth-order valence-corrected chi connectivity index (χ4v) is 1.94. The van der Waals surface area contributed by atoms with E-state index < -0.39 is 0 Å². The van der Waals surface area contributed by atoms with Crippen molar-refractivity contribution in [3.05, 3.63) is 34.4 Å². The van der Waals surface area contributed by atoms with Gasteiger partial charge in [0, 0.05) is 16.8 Å². The lowest BCUT2D eigenvalue weighted by atomic mass is 10.1. The van der Waals surface area contributed by atoms with E-state index in [0.29, 0.717) is 15.8 Å². The Labute approximate surface area is 97.0 Å². The summed E-state index contributed by atoms with van der Waals surface area (Å²) in [6, 6.07) is 5.24. The van der Waals surface area contributed by atoms with E-state index in [1.807, 2.05) is 6.07 Å². The maximum atomic E-state index is 6.01. The molecular weight excluding hydrogens is 235 g/mol. The largest absolute Gasteiger partial charge is 0.494 e. The lowest BCUT2D eigenvalue weighted by molar-refractivity contribution is 0.416. The minimum absolute atomic E-state index is 0.481. The third-order valence-corrected chi connectivity index (χ3v) is 2.50. The van der Waals surface area contributed by atoms with Crippen molar-refractivity contribution in [2.75, 3.05) is 7.11 Å². The summed E-state index contributed by atoms with van der Waals surface area (Å²) in [5, 5.41) is 7.74. The molecule has 0 spiro atoms. The summed E-state index contributed by atoms with van der Waals surface area (Å²) in [5.74, 6) is 0.588. The van der Waals surface area contributed by atoms with Crippen molar-refractivity contribution in [2.45, 2.75) is 0 Å². The van der Waals surface area contributed by atoms with Crippen molar-refractivity contribution in [1.82, 2.24) is 10.2 Å². The first kappa shape index (κ1) is 10.3. The van der Waals surface area contributed by atoms with E-state index in [1.54, 1.807) is 25.4 Å². The number of aromatic nitrogens is 2. The van der Waals surface area contributed by atoms with Gasteiger partial charge >= 0.3 is 0 Å². The van der Waals surface area contributed by atoms with Crippen LogP contribution in [-0.2, 0) is 0 Å². The van der Waals surface area contributed by atoms with E-state index in [2.05, 4.69) is 10.2 Å². The number of H-pyrrole nitrogens is 1. The smallest absolute Gasteiger partial charge is 0.146 e. The summed E-state index contributed by atoms with van der Waals surface area (Å²) in [5.41, 5.74) is 1.61. The van der Waals surface area contributed by atoms with Crippen molar-refractivity contribution < 1.29 is 4.74 Å². The van der Waals surface area contributed by atoms with E-state index in [9.17, 15) is 0 Å². The lowest BCUT2D eigenvalue weighted by Gasteiger charge is -2.09. The molecule has 0 saturated carbocycles. The Balaban J connectivity index is 2.64. The number of benzene rings is 1. The van der Waals surface area contributed by atoms with Gasteiger partial charge in [-0.25, -0.2) is 0 Å². The molecule has 1 aromatic carbocycles. The molecule has 2 aromatic rings. The molecule has 1 aromatic heterocycles. The van der Waals surface area contributed by atoms with Crippen molar-refractivity contribution in [1.29, 1.82) is 0 Å². The van der Waals surface area contributed by atoms with Crippen molar-refractivity contribution in [3.8, 4) is 17.0 Å². The number of hydrogen-bond acceptors (Lipinski definition) is 2. The normalized spacial score (nSPS) is 10.3. The van der Waals surface area contributed by atoms with Gasteiger partial charge in [0.05, 0.1) is 17.8 Å². The lowest BCUT2D eigenvalue weighted by Crippen LogP contribution is -1.89. The Morgan fingerprint density at radius 2 is 2.13 bits per heavy atom. The molecule has 0 unspecified atom stereocenters. The molecule has 5 heteroatoms. The zero-order valence-electron chi connectivity index (χ0n) is 7.92. The number of hydrogen-bond donors (Lipinski definition) is 1. The molecule has 0 amide bonds. The maximum absolute atomic E-state index is 6.01. The second-order valence-electron chi connectivity index (χ2n) is 2.94. The van der Waals surface area contributed by atoms with E-state index in [-0.39, 0.29) is 0 Å². The van der Waals surface area contributed by atoms with E-state index >= 15 is 0 Å². The summed E-state index contributed by atoms with van der Waals surface area (Å²) in [4.78, 5) is 0. The predicted octanol–water partition coefficient (Wildman–Crippen LogP) is 3.39. The molecular formula is C10H8Cl2N2O. The second kappa shape index (κ2) is 4.13. The van der Waals surface area contributed by atoms with Crippen LogP contribution in [0.5, 0.6) is 5.75 Å². The SMILES string of the molecule is COc1c(Cl)cc(Cl)cc1-c1ccn[nH]1. The van der Waals surface area contributed by atoms with Crippen LogP contribution in [0, 0.1) is 0 Å². The minimum Gasteiger partial charge on any atom is -0.494 e. The molecule has 0 aliphatic carbocycles. The quantitative estimate of drug-likeness (QED) is 0.877. The van der Waals surface area contributed by atoms with Gasteiger partial charge in [-0.3, -0.25) is 5.10 Å². The van der Waals surface area contributed by atoms with Gasteiger partial charge in [-0.2, -0.15) is 5.10 Å². The van der Waals surface area contributed by atoms with Gasteiger partial charge in [-0.1, -0.05) is 23.2 Å². The number of methoxy groups -OCH3 is 1. The summed E-state index contributed by atoms with van der Waals surface area (Å²) >= 11 is 11.9. The highest BCUT2D eigenvalue weighted by atomic mass is 35.5. The zero-order valence-corrected chi connectivity index (χ0v) is 9.43. The van der Waals surface area contributed by atoms with E-state index in [4.69, 9.17) is 27.9 Å². The highest BCUT2D eigenvalue weighted by Crippen LogP contribution is 2.37. The summed E-state index contributed by atoms with van der Waals surface area (Å²) < 4.78 is 5.22. The van der Waals surface area contributed by atoms with Crippen molar-refractivity contribution in [3.63, 3.8) is 0 Å². The molecule has 0 bridgehead atoms. The molecule has 1 heterocycles. The van der Waals surface area contributed by atoms with Gasteiger partial charge in [0.1, 0.15) is 5.75 Å². The number of ether oxygens (including phenoxy) is 1. The third kappa shape index (κ3) is 1.94. The molecule has 1 N–H and O–H groups in total. The monoisotopic (exact) mass is 242 g/mol. The molecule has 0 radical (unpaired) electrons. The maximum Gasteiger partial charge on any atom is 0.146 e. The van der Waals surface area contributed by atoms with Crippen LogP contribution in [-0.4, -0.2) is 17.3 Å². The molecule has 0 saturated heterocycles. The first-order chi connectivity index (χ1) is 7.22. The topological polar surface area (TPSA) is 37.9 Å². The van der Waals surface area contributed by atoms with Crippen LogP contribution in [0.3, 0.4) is 0 Å². The van der Waals surface area contributed by atoms with Gasteiger partial charge in [0.25, 0.3) is 0 Å². The highest BCUT2D eigenvalue weighted by Gasteiger charge is 2.12. The van der Waals surface area contributed by atoms with Gasteiger partial charge < -0.3 is 4.74 Å². The predicted molar refractivity (Wildman–Crippen MR) is 60.6 cm³/mol. The Morgan fingerprint density at radius 3 is 2.73 bits per heavy atom. The van der Waals surface area contributed by atoms with Crippen molar-refractivity contribution in [2.24, 2.45) is 0 Å². The fourth-order valence-electron chi connectivity index (χ4n) is 1.37. The molecule has 15 heavy (non-hydrogen) atoms. The van der Waals surface area contributed by atoms with E-state index in [1.165, 1.54) is 0 Å². The molecule has 0 fully saturated rings. The molecule has 78 valence electrons.